The molecule has 1 aromatic rings. The van der Waals surface area contributed by atoms with Gasteiger partial charge in [0.2, 0.25) is 5.91 Å². The number of carbonyl (C=O) groups is 3. The summed E-state index contributed by atoms with van der Waals surface area (Å²) in [6.45, 7) is 0.552. The zero-order valence-corrected chi connectivity index (χ0v) is 18.7. The number of nitrogens with one attached hydrogen (secondary N) is 2. The molecule has 0 unspecified atom stereocenters. The van der Waals surface area contributed by atoms with Crippen molar-refractivity contribution < 1.29 is 37.0 Å². The molecule has 3 aliphatic rings. The first kappa shape index (κ1) is 24.7. The predicted octanol–water partition coefficient (Wildman–Crippen LogP) is 2.70. The van der Waals surface area contributed by atoms with Gasteiger partial charge in [0.25, 0.3) is 0 Å². The van der Waals surface area contributed by atoms with Crippen LogP contribution in [0.25, 0.3) is 0 Å². The lowest BCUT2D eigenvalue weighted by molar-refractivity contribution is -0.205. The molecule has 0 aromatic heterocycles. The monoisotopic (exact) mass is 492 g/mol. The summed E-state index contributed by atoms with van der Waals surface area (Å²) in [6, 6.07) is 4.13. The minimum Gasteiger partial charge on any atom is -0.497 e. The van der Waals surface area contributed by atoms with Crippen LogP contribution in [0, 0.1) is 0 Å². The van der Waals surface area contributed by atoms with Gasteiger partial charge in [-0.3, -0.25) is 4.79 Å². The van der Waals surface area contributed by atoms with E-state index < -0.39 is 41.4 Å². The zero-order chi connectivity index (χ0) is 24.6. The highest BCUT2D eigenvalue weighted by molar-refractivity contribution is 6.30. The third-order valence-electron chi connectivity index (χ3n) is 5.91. The molecule has 13 heteroatoms. The third-order valence-corrected chi connectivity index (χ3v) is 6.13. The van der Waals surface area contributed by atoms with E-state index in [1.165, 1.54) is 7.11 Å². The molecule has 182 valence electrons. The number of hydrogen-bond donors (Lipinski definition) is 3. The molecule has 4 N–H and O–H groups in total. The van der Waals surface area contributed by atoms with Gasteiger partial charge >= 0.3 is 18.3 Å². The maximum atomic E-state index is 12.9. The van der Waals surface area contributed by atoms with Crippen LogP contribution in [0.4, 0.5) is 22.8 Å². The van der Waals surface area contributed by atoms with E-state index in [9.17, 15) is 27.6 Å². The van der Waals surface area contributed by atoms with Crippen LogP contribution >= 0.6 is 11.6 Å². The van der Waals surface area contributed by atoms with Crippen molar-refractivity contribution in [1.82, 2.24) is 15.5 Å². The molecule has 0 radical (unpaired) electrons. The van der Waals surface area contributed by atoms with Crippen molar-refractivity contribution in [1.29, 1.82) is 0 Å². The highest BCUT2D eigenvalue weighted by Gasteiger charge is 2.72. The minimum atomic E-state index is -4.66. The number of nitrogens with zero attached hydrogens (tertiary/aromatic N) is 1. The Bertz CT molecular complexity index is 938. The van der Waals surface area contributed by atoms with Gasteiger partial charge in [-0.2, -0.15) is 13.2 Å². The fourth-order valence-electron chi connectivity index (χ4n) is 4.42. The number of alkyl carbamates (subject to hydrolysis) is 1. The van der Waals surface area contributed by atoms with E-state index in [1.54, 1.807) is 23.1 Å². The lowest BCUT2D eigenvalue weighted by atomic mass is 9.43. The SMILES string of the molecule is COc1cc(Cl)cc(CN(C(=O)CNC(N)=O)C23CC(NC(=O)O[C@H](C)C(F)(F)F)(C2)C3)c1. The molecule has 4 amide bonds. The summed E-state index contributed by atoms with van der Waals surface area (Å²) in [5.41, 5.74) is 4.37. The van der Waals surface area contributed by atoms with Crippen molar-refractivity contribution in [2.45, 2.75) is 56.1 Å². The van der Waals surface area contributed by atoms with E-state index in [4.69, 9.17) is 22.1 Å². The average molecular weight is 493 g/mol. The second-order valence-electron chi connectivity index (χ2n) is 8.45. The van der Waals surface area contributed by atoms with E-state index in [0.717, 1.165) is 6.92 Å². The molecular weight excluding hydrogens is 469 g/mol. The van der Waals surface area contributed by atoms with Gasteiger partial charge in [-0.1, -0.05) is 11.6 Å². The number of urea groups is 1. The molecule has 0 spiro atoms. The van der Waals surface area contributed by atoms with Crippen LogP contribution in [0.15, 0.2) is 18.2 Å². The first-order valence-corrected chi connectivity index (χ1v) is 10.4. The number of hydrogen-bond acceptors (Lipinski definition) is 5. The number of alkyl halides is 3. The first-order valence-electron chi connectivity index (χ1n) is 10.0. The van der Waals surface area contributed by atoms with E-state index in [-0.39, 0.29) is 13.1 Å². The molecule has 0 heterocycles. The van der Waals surface area contributed by atoms with E-state index in [0.29, 0.717) is 35.6 Å². The lowest BCUT2D eigenvalue weighted by Gasteiger charge is -2.73. The van der Waals surface area contributed by atoms with Crippen molar-refractivity contribution in [3.63, 3.8) is 0 Å². The van der Waals surface area contributed by atoms with Gasteiger partial charge in [-0.25, -0.2) is 9.59 Å². The Labute approximate surface area is 192 Å². The van der Waals surface area contributed by atoms with Gasteiger partial charge < -0.3 is 30.7 Å². The normalized spacial score (nSPS) is 23.9. The molecule has 1 atom stereocenters. The van der Waals surface area contributed by atoms with Crippen molar-refractivity contribution in [3.05, 3.63) is 28.8 Å². The number of nitrogens with two attached hydrogens (primary N) is 1. The van der Waals surface area contributed by atoms with Crippen LogP contribution in [0.2, 0.25) is 5.02 Å². The summed E-state index contributed by atoms with van der Waals surface area (Å²) in [5, 5.41) is 5.16. The highest BCUT2D eigenvalue weighted by atomic mass is 35.5. The maximum Gasteiger partial charge on any atom is 0.425 e. The second kappa shape index (κ2) is 8.81. The molecule has 3 aliphatic carbocycles. The van der Waals surface area contributed by atoms with Crippen molar-refractivity contribution in [2.75, 3.05) is 13.7 Å². The van der Waals surface area contributed by atoms with Gasteiger partial charge in [-0.15, -0.1) is 0 Å². The summed E-state index contributed by atoms with van der Waals surface area (Å²) < 4.78 is 47.5. The molecule has 3 saturated carbocycles. The number of amides is 4. The number of benzene rings is 1. The Kier molecular flexibility index (Phi) is 6.60. The quantitative estimate of drug-likeness (QED) is 0.515. The summed E-state index contributed by atoms with van der Waals surface area (Å²) in [5.74, 6) is 0.0896. The number of primary amides is 1. The van der Waals surface area contributed by atoms with Crippen molar-refractivity contribution in [3.8, 4) is 5.75 Å². The van der Waals surface area contributed by atoms with Gasteiger partial charge in [0.1, 0.15) is 5.75 Å². The van der Waals surface area contributed by atoms with Crippen LogP contribution in [0.3, 0.4) is 0 Å². The third kappa shape index (κ3) is 5.37. The molecule has 2 bridgehead atoms. The number of ether oxygens (including phenoxy) is 2. The highest BCUT2D eigenvalue weighted by Crippen LogP contribution is 2.64. The van der Waals surface area contributed by atoms with Crippen LogP contribution in [-0.2, 0) is 16.1 Å². The fourth-order valence-corrected chi connectivity index (χ4v) is 4.67. The van der Waals surface area contributed by atoms with Gasteiger partial charge in [0.15, 0.2) is 6.10 Å². The molecule has 3 fully saturated rings. The zero-order valence-electron chi connectivity index (χ0n) is 17.9. The Morgan fingerprint density at radius 3 is 2.42 bits per heavy atom. The molecule has 1 aromatic carbocycles. The Morgan fingerprint density at radius 1 is 1.24 bits per heavy atom. The molecule has 0 aliphatic heterocycles. The van der Waals surface area contributed by atoms with Crippen LogP contribution < -0.4 is 21.1 Å². The van der Waals surface area contributed by atoms with E-state index in [1.807, 2.05) is 0 Å². The van der Waals surface area contributed by atoms with Crippen LogP contribution in [0.5, 0.6) is 5.75 Å². The summed E-state index contributed by atoms with van der Waals surface area (Å²) in [6.07, 6.45) is -7.08. The number of carbonyl (C=O) groups excluding carboxylic acids is 3. The van der Waals surface area contributed by atoms with Gasteiger partial charge in [0, 0.05) is 11.6 Å². The molecule has 4 rings (SSSR count). The smallest absolute Gasteiger partial charge is 0.425 e. The van der Waals surface area contributed by atoms with E-state index in [2.05, 4.69) is 15.4 Å². The Balaban J connectivity index is 1.69. The van der Waals surface area contributed by atoms with Crippen LogP contribution in [0.1, 0.15) is 31.7 Å². The predicted molar refractivity (Wildman–Crippen MR) is 111 cm³/mol. The van der Waals surface area contributed by atoms with Gasteiger partial charge in [-0.05, 0) is 49.9 Å². The minimum absolute atomic E-state index is 0.141. The number of halogens is 4. The summed E-state index contributed by atoms with van der Waals surface area (Å²) >= 11 is 6.12. The maximum absolute atomic E-state index is 12.9. The Hall–Kier alpha value is -2.89. The van der Waals surface area contributed by atoms with Crippen LogP contribution in [-0.4, -0.2) is 59.9 Å². The topological polar surface area (TPSA) is 123 Å². The second-order valence-corrected chi connectivity index (χ2v) is 8.88. The van der Waals surface area contributed by atoms with E-state index >= 15 is 0 Å². The number of methoxy groups -OCH3 is 1. The molecule has 33 heavy (non-hydrogen) atoms. The first-order chi connectivity index (χ1) is 15.3. The summed E-state index contributed by atoms with van der Waals surface area (Å²) in [7, 11) is 1.48. The molecular formula is C20H24ClF3N4O5. The largest absolute Gasteiger partial charge is 0.497 e. The number of rotatable bonds is 8. The standard InChI is InChI=1S/C20H24ClF3N4O5/c1-11(20(22,23)24)33-17(31)27-18-8-19(9-18,10-18)28(15(29)6-26-16(25)30)7-12-3-13(21)5-14(4-12)32-2/h3-5,11H,6-10H2,1-2H3,(H,27,31)(H3,25,26,30)/t11-,18?,19?/m1/s1. The van der Waals surface area contributed by atoms with Gasteiger partial charge in [0.05, 0.1) is 24.7 Å². The van der Waals surface area contributed by atoms with Crippen molar-refractivity contribution >= 4 is 29.6 Å². The summed E-state index contributed by atoms with van der Waals surface area (Å²) in [4.78, 5) is 37.4. The molecule has 9 nitrogen and oxygen atoms in total. The lowest BCUT2D eigenvalue weighted by Crippen LogP contribution is -2.84. The Morgan fingerprint density at radius 2 is 1.88 bits per heavy atom. The fraction of sp³-hybridized carbons (Fsp3) is 0.550. The van der Waals surface area contributed by atoms with Crippen molar-refractivity contribution in [2.24, 2.45) is 5.73 Å². The average Bonchev–Trinajstić information content (AvgIpc) is 2.64. The molecule has 0 saturated heterocycles.